The number of hydrogen-bond donors (Lipinski definition) is 1. The third-order valence-electron chi connectivity index (χ3n) is 4.84. The Kier molecular flexibility index (Phi) is 8.97. The van der Waals surface area contributed by atoms with Crippen LogP contribution in [-0.2, 0) is 4.79 Å². The fraction of sp³-hybridized carbons (Fsp3) is 0.952. The van der Waals surface area contributed by atoms with E-state index in [-0.39, 0.29) is 6.42 Å². The van der Waals surface area contributed by atoms with Crippen LogP contribution in [0.1, 0.15) is 110 Å². The molecular weight excluding hydrogens is 284 g/mol. The van der Waals surface area contributed by atoms with Gasteiger partial charge >= 0.3 is 5.97 Å². The number of hydrogen-bond acceptors (Lipinski definition) is 1. The largest absolute Gasteiger partial charge is 0.481 e. The summed E-state index contributed by atoms with van der Waals surface area (Å²) in [6.45, 7) is 8.50. The van der Waals surface area contributed by atoms with Crippen molar-refractivity contribution >= 4 is 5.97 Å². The van der Waals surface area contributed by atoms with Crippen LogP contribution in [0.25, 0.3) is 0 Å². The van der Waals surface area contributed by atoms with E-state index < -0.39 is 18.2 Å². The van der Waals surface area contributed by atoms with Gasteiger partial charge < -0.3 is 5.11 Å². The lowest BCUT2D eigenvalue weighted by molar-refractivity contribution is -0.139. The molecule has 0 saturated heterocycles. The van der Waals surface area contributed by atoms with Crippen molar-refractivity contribution in [3.05, 3.63) is 0 Å². The lowest BCUT2D eigenvalue weighted by atomic mass is 9.82. The third-order valence-corrected chi connectivity index (χ3v) is 4.84. The van der Waals surface area contributed by atoms with Gasteiger partial charge in [0.1, 0.15) is 0 Å². The molecule has 0 aromatic rings. The second kappa shape index (κ2) is 11.9. The summed E-state index contributed by atoms with van der Waals surface area (Å²) in [4.78, 5) is 11.0. The molecule has 0 aromatic heterocycles. The van der Waals surface area contributed by atoms with Crippen molar-refractivity contribution in [3.63, 3.8) is 0 Å². The number of carbonyl (C=O) groups is 1. The smallest absolute Gasteiger partial charge is 0.303 e. The Hall–Kier alpha value is -0.530. The van der Waals surface area contributed by atoms with E-state index in [0.29, 0.717) is 12.3 Å². The monoisotopic (exact) mass is 329 g/mol. The maximum absolute atomic E-state index is 11.0. The van der Waals surface area contributed by atoms with Gasteiger partial charge in [-0.05, 0) is 29.6 Å². The molecule has 0 saturated carbocycles. The summed E-state index contributed by atoms with van der Waals surface area (Å²) in [5.74, 6) is 1.13. The van der Waals surface area contributed by atoms with Gasteiger partial charge in [0.2, 0.25) is 0 Å². The first-order valence-corrected chi connectivity index (χ1v) is 9.59. The molecule has 2 nitrogen and oxygen atoms in total. The van der Waals surface area contributed by atoms with Gasteiger partial charge in [-0.2, -0.15) is 0 Å². The van der Waals surface area contributed by atoms with Crippen molar-refractivity contribution in [1.82, 2.24) is 0 Å². The Balaban J connectivity index is 4.07. The van der Waals surface area contributed by atoms with Crippen molar-refractivity contribution in [3.8, 4) is 0 Å². The van der Waals surface area contributed by atoms with E-state index in [0.717, 1.165) is 24.7 Å². The van der Waals surface area contributed by atoms with E-state index in [1.165, 1.54) is 38.5 Å². The van der Waals surface area contributed by atoms with E-state index in [4.69, 9.17) is 9.22 Å². The number of rotatable bonds is 14. The SMILES string of the molecule is [2H]C([2H])([2H])C(C)(CCCC(C)CCCC(C)CCCC(C)C)CC(=O)O. The quantitative estimate of drug-likeness (QED) is 0.375. The molecule has 2 heteroatoms. The van der Waals surface area contributed by atoms with Crippen LogP contribution >= 0.6 is 0 Å². The first-order valence-electron chi connectivity index (χ1n) is 11.1. The highest BCUT2D eigenvalue weighted by molar-refractivity contribution is 5.67. The average Bonchev–Trinajstić information content (AvgIpc) is 2.44. The summed E-state index contributed by atoms with van der Waals surface area (Å²) in [6.07, 6.45) is 9.57. The van der Waals surface area contributed by atoms with Gasteiger partial charge in [0.15, 0.2) is 0 Å². The Morgan fingerprint density at radius 2 is 1.43 bits per heavy atom. The molecule has 138 valence electrons. The van der Waals surface area contributed by atoms with Crippen molar-refractivity contribution in [2.75, 3.05) is 0 Å². The van der Waals surface area contributed by atoms with Crippen LogP contribution in [0, 0.1) is 23.2 Å². The van der Waals surface area contributed by atoms with E-state index in [2.05, 4.69) is 27.7 Å². The van der Waals surface area contributed by atoms with Gasteiger partial charge in [0, 0.05) is 4.11 Å². The van der Waals surface area contributed by atoms with Gasteiger partial charge in [-0.3, -0.25) is 4.79 Å². The molecular formula is C21H42O2. The number of aliphatic carboxylic acids is 1. The van der Waals surface area contributed by atoms with Crippen LogP contribution in [0.5, 0.6) is 0 Å². The van der Waals surface area contributed by atoms with Crippen LogP contribution in [0.3, 0.4) is 0 Å². The van der Waals surface area contributed by atoms with Crippen molar-refractivity contribution in [2.24, 2.45) is 23.2 Å². The van der Waals surface area contributed by atoms with E-state index in [9.17, 15) is 4.79 Å². The van der Waals surface area contributed by atoms with Crippen molar-refractivity contribution < 1.29 is 14.0 Å². The molecule has 1 N–H and O–H groups in total. The van der Waals surface area contributed by atoms with Crippen molar-refractivity contribution in [1.29, 1.82) is 0 Å². The van der Waals surface area contributed by atoms with Gasteiger partial charge in [-0.15, -0.1) is 0 Å². The molecule has 0 heterocycles. The first kappa shape index (κ1) is 17.3. The minimum Gasteiger partial charge on any atom is -0.481 e. The van der Waals surface area contributed by atoms with E-state index in [1.807, 2.05) is 0 Å². The average molecular weight is 330 g/mol. The molecule has 23 heavy (non-hydrogen) atoms. The highest BCUT2D eigenvalue weighted by atomic mass is 16.4. The van der Waals surface area contributed by atoms with Crippen molar-refractivity contribution in [2.45, 2.75) is 106 Å². The molecule has 0 aliphatic rings. The Bertz CT molecular complexity index is 393. The van der Waals surface area contributed by atoms with Crippen LogP contribution in [0.2, 0.25) is 0 Å². The van der Waals surface area contributed by atoms with Gasteiger partial charge in [0.25, 0.3) is 0 Å². The maximum Gasteiger partial charge on any atom is 0.303 e. The Morgan fingerprint density at radius 3 is 1.87 bits per heavy atom. The molecule has 3 atom stereocenters. The molecule has 0 rings (SSSR count). The zero-order valence-electron chi connectivity index (χ0n) is 19.2. The number of carboxylic acid groups (broad SMARTS) is 1. The predicted molar refractivity (Wildman–Crippen MR) is 101 cm³/mol. The summed E-state index contributed by atoms with van der Waals surface area (Å²) < 4.78 is 23.0. The zero-order valence-corrected chi connectivity index (χ0v) is 16.2. The summed E-state index contributed by atoms with van der Waals surface area (Å²) in [7, 11) is 0. The number of carboxylic acids is 1. The third kappa shape index (κ3) is 14.8. The van der Waals surface area contributed by atoms with Gasteiger partial charge in [-0.25, -0.2) is 0 Å². The van der Waals surface area contributed by atoms with Crippen LogP contribution in [0.15, 0.2) is 0 Å². The minimum atomic E-state index is -2.22. The summed E-state index contributed by atoms with van der Waals surface area (Å²) in [6, 6.07) is 0. The van der Waals surface area contributed by atoms with Crippen LogP contribution in [0.4, 0.5) is 0 Å². The Morgan fingerprint density at radius 1 is 0.957 bits per heavy atom. The lowest BCUT2D eigenvalue weighted by Gasteiger charge is -2.23. The molecule has 0 aliphatic carbocycles. The highest BCUT2D eigenvalue weighted by Gasteiger charge is 2.21. The first-order chi connectivity index (χ1) is 11.9. The molecule has 0 aromatic carbocycles. The minimum absolute atomic E-state index is 0.286. The van der Waals surface area contributed by atoms with E-state index >= 15 is 0 Å². The molecule has 0 spiro atoms. The van der Waals surface area contributed by atoms with Crippen LogP contribution < -0.4 is 0 Å². The molecule has 3 unspecified atom stereocenters. The fourth-order valence-electron chi connectivity index (χ4n) is 3.24. The molecule has 0 aliphatic heterocycles. The van der Waals surface area contributed by atoms with Gasteiger partial charge in [0.05, 0.1) is 6.42 Å². The standard InChI is InChI=1S/C21H42O2/c1-17(2)10-7-11-18(3)12-8-13-19(4)14-9-15-21(5,6)16-20(22)23/h17-19H,7-16H2,1-6H3,(H,22,23)/i5D3. The molecule has 0 bridgehead atoms. The maximum atomic E-state index is 11.0. The topological polar surface area (TPSA) is 37.3 Å². The Labute approximate surface area is 149 Å². The molecule has 0 amide bonds. The molecule has 0 fully saturated rings. The normalized spacial score (nSPS) is 19.5. The molecule has 0 radical (unpaired) electrons. The van der Waals surface area contributed by atoms with E-state index in [1.54, 1.807) is 6.92 Å². The van der Waals surface area contributed by atoms with Crippen LogP contribution in [-0.4, -0.2) is 11.1 Å². The predicted octanol–water partition coefficient (Wildman–Crippen LogP) is 6.93. The second-order valence-electron chi connectivity index (χ2n) is 8.49. The summed E-state index contributed by atoms with van der Waals surface area (Å²) >= 11 is 0. The summed E-state index contributed by atoms with van der Waals surface area (Å²) in [5, 5.41) is 9.03. The van der Waals surface area contributed by atoms with Gasteiger partial charge in [-0.1, -0.05) is 92.8 Å². The highest BCUT2D eigenvalue weighted by Crippen LogP contribution is 2.29. The summed E-state index contributed by atoms with van der Waals surface area (Å²) in [5.41, 5.74) is -1.12. The second-order valence-corrected chi connectivity index (χ2v) is 8.49. The fourth-order valence-corrected chi connectivity index (χ4v) is 3.24. The zero-order chi connectivity index (χ0) is 20.4. The lowest BCUT2D eigenvalue weighted by Crippen LogP contribution is -2.17.